The molecule has 0 bridgehead atoms. The van der Waals surface area contributed by atoms with Crippen molar-refractivity contribution in [2.24, 2.45) is 11.8 Å². The summed E-state index contributed by atoms with van der Waals surface area (Å²) in [5, 5.41) is 9.84. The lowest BCUT2D eigenvalue weighted by Gasteiger charge is -2.38. The maximum atomic E-state index is 13.7. The lowest BCUT2D eigenvalue weighted by molar-refractivity contribution is -0.138. The second-order valence-electron chi connectivity index (χ2n) is 10.3. The number of carbonyl (C=O) groups excluding carboxylic acids is 1. The fourth-order valence-corrected chi connectivity index (χ4v) is 6.67. The van der Waals surface area contributed by atoms with Crippen LogP contribution in [-0.2, 0) is 19.6 Å². The minimum Gasteiger partial charge on any atom is -0.487 e. The first-order valence-corrected chi connectivity index (χ1v) is 14.6. The number of fused-ring (bicyclic) bond motifs is 1. The first-order chi connectivity index (χ1) is 18.6. The van der Waals surface area contributed by atoms with Crippen LogP contribution in [0.25, 0.3) is 0 Å². The molecule has 8 nitrogen and oxygen atoms in total. The predicted octanol–water partition coefficient (Wildman–Crippen LogP) is 2.88. The van der Waals surface area contributed by atoms with Crippen LogP contribution >= 0.6 is 0 Å². The smallest absolute Gasteiger partial charge is 0.247 e. The van der Waals surface area contributed by atoms with E-state index in [1.807, 2.05) is 6.92 Å². The first kappa shape index (κ1) is 29.0. The van der Waals surface area contributed by atoms with E-state index in [0.29, 0.717) is 37.2 Å². The average Bonchev–Trinajstić information content (AvgIpc) is 2.93. The van der Waals surface area contributed by atoms with E-state index < -0.39 is 28.0 Å². The van der Waals surface area contributed by atoms with E-state index in [1.54, 1.807) is 43.1 Å². The number of benzene rings is 2. The molecule has 0 saturated carbocycles. The summed E-state index contributed by atoms with van der Waals surface area (Å²) in [5.74, 6) is 5.18. The van der Waals surface area contributed by atoms with Crippen molar-refractivity contribution in [3.8, 4) is 17.6 Å². The molecule has 2 aromatic rings. The van der Waals surface area contributed by atoms with E-state index in [1.165, 1.54) is 22.5 Å². The SMILES string of the molecule is C[C@@H]1CN([C@@H](C)CO)S(=O)(=O)c2ccc(C#Cc3cccc(F)c3)cc2O[C@H]1CN(C)C(=O)C1CCOCC1. The number of aliphatic hydroxyl groups is 1. The molecule has 0 aromatic heterocycles. The number of ether oxygens (including phenoxy) is 2. The van der Waals surface area contributed by atoms with Crippen LogP contribution in [0.3, 0.4) is 0 Å². The molecule has 10 heteroatoms. The fraction of sp³-hybridized carbons (Fsp3) is 0.483. The topological polar surface area (TPSA) is 96.4 Å². The molecule has 210 valence electrons. The molecule has 0 radical (unpaired) electrons. The molecule has 2 aromatic carbocycles. The van der Waals surface area contributed by atoms with Crippen LogP contribution < -0.4 is 4.74 Å². The maximum absolute atomic E-state index is 13.7. The van der Waals surface area contributed by atoms with E-state index in [-0.39, 0.29) is 48.1 Å². The normalized spacial score (nSPS) is 22.3. The van der Waals surface area contributed by atoms with Crippen molar-refractivity contribution in [3.63, 3.8) is 0 Å². The van der Waals surface area contributed by atoms with Gasteiger partial charge in [0.05, 0.1) is 13.2 Å². The highest BCUT2D eigenvalue weighted by molar-refractivity contribution is 7.89. The molecular weight excluding hydrogens is 523 g/mol. The second kappa shape index (κ2) is 12.5. The predicted molar refractivity (Wildman–Crippen MR) is 144 cm³/mol. The molecule has 1 N–H and O–H groups in total. The number of nitrogens with zero attached hydrogens (tertiary/aromatic N) is 2. The molecule has 39 heavy (non-hydrogen) atoms. The van der Waals surface area contributed by atoms with E-state index in [2.05, 4.69) is 11.8 Å². The monoisotopic (exact) mass is 558 g/mol. The third kappa shape index (κ3) is 6.79. The average molecular weight is 559 g/mol. The van der Waals surface area contributed by atoms with Gasteiger partial charge in [-0.05, 0) is 56.2 Å². The highest BCUT2D eigenvalue weighted by atomic mass is 32.2. The van der Waals surface area contributed by atoms with Crippen molar-refractivity contribution in [1.29, 1.82) is 0 Å². The summed E-state index contributed by atoms with van der Waals surface area (Å²) in [4.78, 5) is 14.7. The summed E-state index contributed by atoms with van der Waals surface area (Å²) < 4.78 is 54.0. The number of hydrogen-bond acceptors (Lipinski definition) is 6. The molecule has 3 atom stereocenters. The third-order valence-electron chi connectivity index (χ3n) is 7.24. The Balaban J connectivity index is 1.69. The van der Waals surface area contributed by atoms with Crippen LogP contribution in [0.1, 0.15) is 37.8 Å². The minimum atomic E-state index is -4.01. The molecule has 0 spiro atoms. The van der Waals surface area contributed by atoms with E-state index in [9.17, 15) is 22.7 Å². The Morgan fingerprint density at radius 2 is 1.87 bits per heavy atom. The maximum Gasteiger partial charge on any atom is 0.247 e. The minimum absolute atomic E-state index is 0.0132. The van der Waals surface area contributed by atoms with Gasteiger partial charge < -0.3 is 19.5 Å². The van der Waals surface area contributed by atoms with Gasteiger partial charge in [-0.1, -0.05) is 24.8 Å². The molecular formula is C29H35FN2O6S. The van der Waals surface area contributed by atoms with Gasteiger partial charge in [0, 0.05) is 55.8 Å². The van der Waals surface area contributed by atoms with Crippen molar-refractivity contribution < 1.29 is 32.2 Å². The van der Waals surface area contributed by atoms with Gasteiger partial charge in [-0.15, -0.1) is 0 Å². The Labute approximate surface area is 229 Å². The second-order valence-corrected chi connectivity index (χ2v) is 12.1. The molecule has 2 heterocycles. The van der Waals surface area contributed by atoms with Gasteiger partial charge in [0.25, 0.3) is 0 Å². The number of aliphatic hydroxyl groups excluding tert-OH is 1. The summed E-state index contributed by atoms with van der Waals surface area (Å²) in [6, 6.07) is 9.83. The molecule has 4 rings (SSSR count). The molecule has 1 fully saturated rings. The van der Waals surface area contributed by atoms with Gasteiger partial charge in [-0.3, -0.25) is 4.79 Å². The van der Waals surface area contributed by atoms with Crippen LogP contribution in [0.4, 0.5) is 4.39 Å². The highest BCUT2D eigenvalue weighted by Crippen LogP contribution is 2.34. The zero-order chi connectivity index (χ0) is 28.2. The van der Waals surface area contributed by atoms with Gasteiger partial charge in [0.2, 0.25) is 15.9 Å². The zero-order valence-corrected chi connectivity index (χ0v) is 23.3. The molecule has 2 aliphatic rings. The quantitative estimate of drug-likeness (QED) is 0.567. The van der Waals surface area contributed by atoms with Gasteiger partial charge in [0.15, 0.2) is 0 Å². The van der Waals surface area contributed by atoms with Crippen molar-refractivity contribution in [3.05, 3.63) is 59.4 Å². The van der Waals surface area contributed by atoms with E-state index in [4.69, 9.17) is 9.47 Å². The van der Waals surface area contributed by atoms with E-state index >= 15 is 0 Å². The number of rotatable bonds is 5. The van der Waals surface area contributed by atoms with Crippen molar-refractivity contribution in [2.45, 2.75) is 43.7 Å². The Bertz CT molecular complexity index is 1350. The fourth-order valence-electron chi connectivity index (χ4n) is 4.85. The van der Waals surface area contributed by atoms with E-state index in [0.717, 1.165) is 0 Å². The van der Waals surface area contributed by atoms with Crippen LogP contribution in [0, 0.1) is 29.5 Å². The Kier molecular flexibility index (Phi) is 9.28. The van der Waals surface area contributed by atoms with Gasteiger partial charge >= 0.3 is 0 Å². The summed E-state index contributed by atoms with van der Waals surface area (Å²) in [7, 11) is -2.27. The summed E-state index contributed by atoms with van der Waals surface area (Å²) in [5.41, 5.74) is 0.978. The van der Waals surface area contributed by atoms with Gasteiger partial charge in [0.1, 0.15) is 22.6 Å². The lowest BCUT2D eigenvalue weighted by atomic mass is 9.97. The van der Waals surface area contributed by atoms with Gasteiger partial charge in [-0.25, -0.2) is 12.8 Å². The van der Waals surface area contributed by atoms with Crippen LogP contribution in [0.2, 0.25) is 0 Å². The van der Waals surface area contributed by atoms with Gasteiger partial charge in [-0.2, -0.15) is 4.31 Å². The van der Waals surface area contributed by atoms with Crippen LogP contribution in [0.5, 0.6) is 5.75 Å². The molecule has 0 unspecified atom stereocenters. The largest absolute Gasteiger partial charge is 0.487 e. The van der Waals surface area contributed by atoms with Crippen molar-refractivity contribution >= 4 is 15.9 Å². The Hall–Kier alpha value is -2.97. The standard InChI is InChI=1S/C29H35FN2O6S/c1-20-17-32(21(2)19-33)39(35,36)28-10-9-23(8-7-22-5-4-6-25(30)15-22)16-26(28)38-27(20)18-31(3)29(34)24-11-13-37-14-12-24/h4-6,9-10,15-16,20-21,24,27,33H,11-14,17-19H2,1-3H3/t20-,21+,27+/m1/s1. The highest BCUT2D eigenvalue weighted by Gasteiger charge is 2.38. The number of sulfonamides is 1. The molecule has 0 aliphatic carbocycles. The molecule has 1 amide bonds. The van der Waals surface area contributed by atoms with Crippen molar-refractivity contribution in [2.75, 3.05) is 40.0 Å². The Morgan fingerprint density at radius 3 is 2.54 bits per heavy atom. The lowest BCUT2D eigenvalue weighted by Crippen LogP contribution is -2.50. The number of halogens is 1. The molecule has 2 aliphatic heterocycles. The number of hydrogen-bond donors (Lipinski definition) is 1. The number of likely N-dealkylation sites (N-methyl/N-ethyl adjacent to an activating group) is 1. The van der Waals surface area contributed by atoms with Crippen molar-refractivity contribution in [1.82, 2.24) is 9.21 Å². The summed E-state index contributed by atoms with van der Waals surface area (Å²) in [6.45, 7) is 4.68. The van der Waals surface area contributed by atoms with Crippen LogP contribution in [-0.4, -0.2) is 80.7 Å². The third-order valence-corrected chi connectivity index (χ3v) is 9.26. The first-order valence-electron chi connectivity index (χ1n) is 13.1. The Morgan fingerprint density at radius 1 is 1.18 bits per heavy atom. The summed E-state index contributed by atoms with van der Waals surface area (Å²) >= 11 is 0. The number of carbonyl (C=O) groups is 1. The molecule has 1 saturated heterocycles. The summed E-state index contributed by atoms with van der Waals surface area (Å²) in [6.07, 6.45) is 0.814. The van der Waals surface area contributed by atoms with Crippen LogP contribution in [0.15, 0.2) is 47.4 Å². The zero-order valence-electron chi connectivity index (χ0n) is 22.5. The number of amides is 1.